The van der Waals surface area contributed by atoms with Gasteiger partial charge in [-0.15, -0.1) is 0 Å². The van der Waals surface area contributed by atoms with Crippen LogP contribution >= 0.6 is 0 Å². The summed E-state index contributed by atoms with van der Waals surface area (Å²) in [6, 6.07) is 0.880. The fourth-order valence-corrected chi connectivity index (χ4v) is 3.87. The van der Waals surface area contributed by atoms with Crippen LogP contribution in [0.4, 0.5) is 0 Å². The van der Waals surface area contributed by atoms with Gasteiger partial charge in [-0.1, -0.05) is 26.7 Å². The van der Waals surface area contributed by atoms with E-state index in [1.54, 1.807) is 0 Å². The van der Waals surface area contributed by atoms with Crippen molar-refractivity contribution in [1.82, 2.24) is 10.2 Å². The summed E-state index contributed by atoms with van der Waals surface area (Å²) in [7, 11) is 0. The van der Waals surface area contributed by atoms with Gasteiger partial charge in [0.2, 0.25) is 0 Å². The van der Waals surface area contributed by atoms with Gasteiger partial charge in [0.25, 0.3) is 0 Å². The molecule has 3 rings (SSSR count). The largest absolute Gasteiger partial charge is 0.310 e. The van der Waals surface area contributed by atoms with Gasteiger partial charge in [-0.2, -0.15) is 0 Å². The Morgan fingerprint density at radius 3 is 2.44 bits per heavy atom. The van der Waals surface area contributed by atoms with E-state index in [4.69, 9.17) is 0 Å². The van der Waals surface area contributed by atoms with Gasteiger partial charge in [-0.05, 0) is 44.2 Å². The molecule has 2 saturated carbocycles. The molecule has 1 unspecified atom stereocenters. The Hall–Kier alpha value is -0.0800. The van der Waals surface area contributed by atoms with E-state index in [0.717, 1.165) is 6.04 Å². The maximum Gasteiger partial charge on any atom is 0.0308 e. The van der Waals surface area contributed by atoms with Crippen LogP contribution in [-0.2, 0) is 0 Å². The molecule has 0 aromatic carbocycles. The first-order valence-electron chi connectivity index (χ1n) is 7.11. The summed E-state index contributed by atoms with van der Waals surface area (Å²) in [5.74, 6) is 0. The minimum absolute atomic E-state index is 0.495. The molecule has 1 saturated heterocycles. The summed E-state index contributed by atoms with van der Waals surface area (Å²) >= 11 is 0. The van der Waals surface area contributed by atoms with Gasteiger partial charge in [0, 0.05) is 18.1 Å². The molecule has 3 fully saturated rings. The predicted octanol–water partition coefficient (Wildman–Crippen LogP) is 2.39. The maximum atomic E-state index is 3.86. The zero-order chi connectivity index (χ0) is 11.2. The second-order valence-corrected chi connectivity index (χ2v) is 6.95. The zero-order valence-corrected chi connectivity index (χ0v) is 10.9. The Labute approximate surface area is 99.8 Å². The van der Waals surface area contributed by atoms with Gasteiger partial charge in [-0.3, -0.25) is 4.90 Å². The quantitative estimate of drug-likeness (QED) is 0.733. The molecule has 0 aromatic heterocycles. The minimum atomic E-state index is 0.495. The highest BCUT2D eigenvalue weighted by molar-refractivity contribution is 5.07. The molecule has 16 heavy (non-hydrogen) atoms. The molecule has 2 aliphatic carbocycles. The fourth-order valence-electron chi connectivity index (χ4n) is 3.87. The highest BCUT2D eigenvalue weighted by Gasteiger charge is 2.51. The normalized spacial score (nSPS) is 37.5. The third-order valence-corrected chi connectivity index (χ3v) is 5.09. The Morgan fingerprint density at radius 2 is 1.81 bits per heavy atom. The molecule has 1 heterocycles. The van der Waals surface area contributed by atoms with E-state index in [9.17, 15) is 0 Å². The van der Waals surface area contributed by atoms with Gasteiger partial charge in [0.15, 0.2) is 0 Å². The average molecular weight is 222 g/mol. The first kappa shape index (κ1) is 11.0. The van der Waals surface area contributed by atoms with Crippen LogP contribution in [0.2, 0.25) is 0 Å². The van der Waals surface area contributed by atoms with Crippen molar-refractivity contribution in [1.29, 1.82) is 0 Å². The molecular weight excluding hydrogens is 196 g/mol. The van der Waals surface area contributed by atoms with Crippen molar-refractivity contribution in [2.24, 2.45) is 5.41 Å². The Balaban J connectivity index is 1.70. The molecule has 2 nitrogen and oxygen atoms in total. The molecule has 2 heteroatoms. The Morgan fingerprint density at radius 1 is 1.12 bits per heavy atom. The van der Waals surface area contributed by atoms with E-state index in [0.29, 0.717) is 11.0 Å². The first-order valence-corrected chi connectivity index (χ1v) is 7.11. The lowest BCUT2D eigenvalue weighted by Crippen LogP contribution is -2.50. The van der Waals surface area contributed by atoms with Crippen LogP contribution in [0.15, 0.2) is 0 Å². The SMILES string of the molecule is CC1(C)CC1N1CCCNC2(CCCC2)C1. The third kappa shape index (κ3) is 1.91. The average Bonchev–Trinajstić information content (AvgIpc) is 2.69. The number of rotatable bonds is 1. The Kier molecular flexibility index (Phi) is 2.56. The summed E-state index contributed by atoms with van der Waals surface area (Å²) < 4.78 is 0. The van der Waals surface area contributed by atoms with Crippen molar-refractivity contribution in [2.45, 2.75) is 64.0 Å². The van der Waals surface area contributed by atoms with Gasteiger partial charge in [0.05, 0.1) is 0 Å². The Bertz CT molecular complexity index is 266. The van der Waals surface area contributed by atoms with Crippen LogP contribution in [0.5, 0.6) is 0 Å². The van der Waals surface area contributed by atoms with Gasteiger partial charge >= 0.3 is 0 Å². The summed E-state index contributed by atoms with van der Waals surface area (Å²) in [5, 5.41) is 3.86. The lowest BCUT2D eigenvalue weighted by Gasteiger charge is -2.34. The van der Waals surface area contributed by atoms with Gasteiger partial charge < -0.3 is 5.32 Å². The van der Waals surface area contributed by atoms with E-state index in [-0.39, 0.29) is 0 Å². The van der Waals surface area contributed by atoms with Crippen molar-refractivity contribution in [3.63, 3.8) is 0 Å². The second kappa shape index (κ2) is 3.71. The van der Waals surface area contributed by atoms with Crippen molar-refractivity contribution in [3.05, 3.63) is 0 Å². The molecule has 1 atom stereocenters. The van der Waals surface area contributed by atoms with E-state index in [2.05, 4.69) is 24.1 Å². The monoisotopic (exact) mass is 222 g/mol. The standard InChI is InChI=1S/C14H26N2/c1-13(2)10-12(13)16-9-5-8-15-14(11-16)6-3-4-7-14/h12,15H,3-11H2,1-2H3. The zero-order valence-electron chi connectivity index (χ0n) is 10.9. The highest BCUT2D eigenvalue weighted by atomic mass is 15.2. The van der Waals surface area contributed by atoms with Crippen molar-refractivity contribution >= 4 is 0 Å². The molecule has 0 bridgehead atoms. The second-order valence-electron chi connectivity index (χ2n) is 6.95. The summed E-state index contributed by atoms with van der Waals surface area (Å²) in [4.78, 5) is 2.80. The van der Waals surface area contributed by atoms with Crippen LogP contribution in [0.25, 0.3) is 0 Å². The molecule has 1 N–H and O–H groups in total. The van der Waals surface area contributed by atoms with E-state index in [1.165, 1.54) is 58.2 Å². The maximum absolute atomic E-state index is 3.86. The van der Waals surface area contributed by atoms with Crippen molar-refractivity contribution < 1.29 is 0 Å². The van der Waals surface area contributed by atoms with Crippen molar-refractivity contribution in [3.8, 4) is 0 Å². The lowest BCUT2D eigenvalue weighted by atomic mass is 9.97. The van der Waals surface area contributed by atoms with Crippen molar-refractivity contribution in [2.75, 3.05) is 19.6 Å². The van der Waals surface area contributed by atoms with Crippen LogP contribution in [0.1, 0.15) is 52.4 Å². The number of nitrogens with one attached hydrogen (secondary N) is 1. The molecule has 1 spiro atoms. The molecule has 1 aliphatic heterocycles. The van der Waals surface area contributed by atoms with Crippen LogP contribution in [-0.4, -0.2) is 36.1 Å². The summed E-state index contributed by atoms with van der Waals surface area (Å²) in [5.41, 5.74) is 1.10. The van der Waals surface area contributed by atoms with Gasteiger partial charge in [0.1, 0.15) is 0 Å². The molecule has 92 valence electrons. The fraction of sp³-hybridized carbons (Fsp3) is 1.00. The van der Waals surface area contributed by atoms with Crippen LogP contribution < -0.4 is 5.32 Å². The van der Waals surface area contributed by atoms with E-state index >= 15 is 0 Å². The third-order valence-electron chi connectivity index (χ3n) is 5.09. The van der Waals surface area contributed by atoms with Crippen LogP contribution in [0.3, 0.4) is 0 Å². The van der Waals surface area contributed by atoms with Gasteiger partial charge in [-0.25, -0.2) is 0 Å². The lowest BCUT2D eigenvalue weighted by molar-refractivity contribution is 0.185. The summed E-state index contributed by atoms with van der Waals surface area (Å²) in [6.07, 6.45) is 8.47. The predicted molar refractivity (Wildman–Crippen MR) is 67.6 cm³/mol. The van der Waals surface area contributed by atoms with Crippen LogP contribution in [0, 0.1) is 5.41 Å². The molecule has 3 aliphatic rings. The van der Waals surface area contributed by atoms with E-state index < -0.39 is 0 Å². The molecular formula is C14H26N2. The number of hydrogen-bond donors (Lipinski definition) is 1. The molecule has 0 aromatic rings. The topological polar surface area (TPSA) is 15.3 Å². The smallest absolute Gasteiger partial charge is 0.0308 e. The van der Waals surface area contributed by atoms with E-state index in [1.807, 2.05) is 0 Å². The molecule has 0 radical (unpaired) electrons. The number of nitrogens with zero attached hydrogens (tertiary/aromatic N) is 1. The minimum Gasteiger partial charge on any atom is -0.310 e. The first-order chi connectivity index (χ1) is 7.61. The molecule has 0 amide bonds. The summed E-state index contributed by atoms with van der Waals surface area (Å²) in [6.45, 7) is 8.74. The highest BCUT2D eigenvalue weighted by Crippen LogP contribution is 2.49. The number of hydrogen-bond acceptors (Lipinski definition) is 2.